The summed E-state index contributed by atoms with van der Waals surface area (Å²) in [7, 11) is 0. The van der Waals surface area contributed by atoms with Gasteiger partial charge in [0.15, 0.2) is 0 Å². The summed E-state index contributed by atoms with van der Waals surface area (Å²) < 4.78 is 37.0. The highest BCUT2D eigenvalue weighted by Crippen LogP contribution is 2.22. The van der Waals surface area contributed by atoms with Gasteiger partial charge < -0.3 is 5.32 Å². The Balaban J connectivity index is 1.77. The highest BCUT2D eigenvalue weighted by Gasteiger charge is 2.33. The van der Waals surface area contributed by atoms with E-state index in [9.17, 15) is 18.0 Å². The van der Waals surface area contributed by atoms with Gasteiger partial charge in [0.05, 0.1) is 6.54 Å². The van der Waals surface area contributed by atoms with Gasteiger partial charge in [-0.25, -0.2) is 0 Å². The van der Waals surface area contributed by atoms with Crippen molar-refractivity contribution in [3.8, 4) is 0 Å². The van der Waals surface area contributed by atoms with E-state index in [0.717, 1.165) is 11.1 Å². The molecule has 0 spiro atoms. The molecule has 1 fully saturated rings. The van der Waals surface area contributed by atoms with Crippen molar-refractivity contribution in [2.75, 3.05) is 19.6 Å². The van der Waals surface area contributed by atoms with Crippen LogP contribution in [0.5, 0.6) is 0 Å². The van der Waals surface area contributed by atoms with Crippen molar-refractivity contribution >= 4 is 5.91 Å². The van der Waals surface area contributed by atoms with E-state index in [2.05, 4.69) is 5.32 Å². The van der Waals surface area contributed by atoms with Gasteiger partial charge in [-0.3, -0.25) is 9.69 Å². The highest BCUT2D eigenvalue weighted by atomic mass is 19.4. The molecule has 122 valence electrons. The molecule has 1 heterocycles. The molecule has 1 aliphatic rings. The number of hydrogen-bond acceptors (Lipinski definition) is 2. The summed E-state index contributed by atoms with van der Waals surface area (Å²) in [6.45, 7) is 2.21. The monoisotopic (exact) mass is 314 g/mol. The third-order valence-electron chi connectivity index (χ3n) is 4.08. The lowest BCUT2D eigenvalue weighted by molar-refractivity contribution is -0.149. The second-order valence-corrected chi connectivity index (χ2v) is 5.81. The van der Waals surface area contributed by atoms with Crippen LogP contribution >= 0.6 is 0 Å². The van der Waals surface area contributed by atoms with Crippen molar-refractivity contribution in [3.05, 3.63) is 35.4 Å². The van der Waals surface area contributed by atoms with Crippen LogP contribution in [0, 0.1) is 12.8 Å². The van der Waals surface area contributed by atoms with E-state index in [-0.39, 0.29) is 11.8 Å². The van der Waals surface area contributed by atoms with Crippen LogP contribution in [-0.4, -0.2) is 36.6 Å². The Morgan fingerprint density at radius 3 is 2.50 bits per heavy atom. The van der Waals surface area contributed by atoms with Crippen LogP contribution in [0.3, 0.4) is 0 Å². The lowest BCUT2D eigenvalue weighted by Gasteiger charge is -2.31. The van der Waals surface area contributed by atoms with Crippen molar-refractivity contribution in [2.24, 2.45) is 5.92 Å². The minimum atomic E-state index is -4.17. The van der Waals surface area contributed by atoms with Crippen molar-refractivity contribution in [1.29, 1.82) is 0 Å². The zero-order valence-electron chi connectivity index (χ0n) is 12.6. The number of halogens is 3. The van der Waals surface area contributed by atoms with Crippen LogP contribution in [0.1, 0.15) is 24.0 Å². The highest BCUT2D eigenvalue weighted by molar-refractivity contribution is 5.78. The van der Waals surface area contributed by atoms with Gasteiger partial charge in [0.1, 0.15) is 0 Å². The van der Waals surface area contributed by atoms with E-state index >= 15 is 0 Å². The minimum Gasteiger partial charge on any atom is -0.352 e. The van der Waals surface area contributed by atoms with Crippen LogP contribution in [0.25, 0.3) is 0 Å². The molecular weight excluding hydrogens is 293 g/mol. The molecular formula is C16H21F3N2O. The van der Waals surface area contributed by atoms with Crippen LogP contribution < -0.4 is 5.32 Å². The van der Waals surface area contributed by atoms with Crippen LogP contribution in [0.4, 0.5) is 13.2 Å². The van der Waals surface area contributed by atoms with Gasteiger partial charge >= 0.3 is 6.18 Å². The number of carbonyl (C=O) groups excluding carboxylic acids is 1. The third kappa shape index (κ3) is 5.02. The lowest BCUT2D eigenvalue weighted by atomic mass is 9.95. The van der Waals surface area contributed by atoms with Gasteiger partial charge in [-0.15, -0.1) is 0 Å². The number of likely N-dealkylation sites (tertiary alicyclic amines) is 1. The molecule has 1 saturated heterocycles. The zero-order chi connectivity index (χ0) is 16.2. The molecule has 1 N–H and O–H groups in total. The van der Waals surface area contributed by atoms with Gasteiger partial charge in [0, 0.05) is 12.5 Å². The van der Waals surface area contributed by atoms with E-state index in [0.29, 0.717) is 32.5 Å². The molecule has 3 nitrogen and oxygen atoms in total. The van der Waals surface area contributed by atoms with Gasteiger partial charge in [0.25, 0.3) is 0 Å². The number of nitrogens with one attached hydrogen (secondary N) is 1. The normalized spacial score (nSPS) is 17.5. The predicted molar refractivity (Wildman–Crippen MR) is 78.2 cm³/mol. The van der Waals surface area contributed by atoms with E-state index < -0.39 is 12.7 Å². The number of amides is 1. The largest absolute Gasteiger partial charge is 0.401 e. The topological polar surface area (TPSA) is 32.3 Å². The molecule has 1 aromatic rings. The van der Waals surface area contributed by atoms with E-state index in [4.69, 9.17) is 0 Å². The molecule has 0 saturated carbocycles. The molecule has 0 unspecified atom stereocenters. The maximum atomic E-state index is 12.3. The van der Waals surface area contributed by atoms with Crippen molar-refractivity contribution < 1.29 is 18.0 Å². The number of nitrogens with zero attached hydrogens (tertiary/aromatic N) is 1. The maximum absolute atomic E-state index is 12.3. The number of carbonyl (C=O) groups is 1. The molecule has 6 heteroatoms. The summed E-state index contributed by atoms with van der Waals surface area (Å²) >= 11 is 0. The fraction of sp³-hybridized carbons (Fsp3) is 0.562. The SMILES string of the molecule is Cc1ccccc1CNC(=O)C1CCN(CC(F)(F)F)CC1. The van der Waals surface area contributed by atoms with Gasteiger partial charge in [-0.2, -0.15) is 13.2 Å². The Morgan fingerprint density at radius 2 is 1.91 bits per heavy atom. The molecule has 1 aromatic carbocycles. The zero-order valence-corrected chi connectivity index (χ0v) is 12.6. The van der Waals surface area contributed by atoms with Crippen molar-refractivity contribution in [3.63, 3.8) is 0 Å². The molecule has 1 amide bonds. The van der Waals surface area contributed by atoms with Crippen LogP contribution in [-0.2, 0) is 11.3 Å². The molecule has 0 aromatic heterocycles. The van der Waals surface area contributed by atoms with Crippen LogP contribution in [0.2, 0.25) is 0 Å². The van der Waals surface area contributed by atoms with Gasteiger partial charge in [-0.1, -0.05) is 24.3 Å². The Bertz CT molecular complexity index is 508. The Kier molecular flexibility index (Phi) is 5.45. The number of hydrogen-bond donors (Lipinski definition) is 1. The molecule has 0 atom stereocenters. The van der Waals surface area contributed by atoms with Gasteiger partial charge in [0.2, 0.25) is 5.91 Å². The van der Waals surface area contributed by atoms with E-state index in [1.807, 2.05) is 31.2 Å². The number of rotatable bonds is 4. The Hall–Kier alpha value is -1.56. The molecule has 2 rings (SSSR count). The molecule has 1 aliphatic heterocycles. The number of alkyl halides is 3. The molecule has 0 radical (unpaired) electrons. The quantitative estimate of drug-likeness (QED) is 0.927. The first kappa shape index (κ1) is 16.8. The van der Waals surface area contributed by atoms with E-state index in [1.165, 1.54) is 4.90 Å². The summed E-state index contributed by atoms with van der Waals surface area (Å²) in [5.74, 6) is -0.247. The number of aryl methyl sites for hydroxylation is 1. The molecule has 0 aliphatic carbocycles. The predicted octanol–water partition coefficient (Wildman–Crippen LogP) is 2.89. The first-order chi connectivity index (χ1) is 10.3. The summed E-state index contributed by atoms with van der Waals surface area (Å²) in [5.41, 5.74) is 2.17. The standard InChI is InChI=1S/C16H21F3N2O/c1-12-4-2-3-5-14(12)10-20-15(22)13-6-8-21(9-7-13)11-16(17,18)19/h2-5,13H,6-11H2,1H3,(H,20,22). The Labute approximate surface area is 128 Å². The van der Waals surface area contributed by atoms with Gasteiger partial charge in [-0.05, 0) is 44.0 Å². The first-order valence-corrected chi connectivity index (χ1v) is 7.46. The molecule has 0 bridgehead atoms. The maximum Gasteiger partial charge on any atom is 0.401 e. The first-order valence-electron chi connectivity index (χ1n) is 7.46. The summed E-state index contributed by atoms with van der Waals surface area (Å²) in [5, 5.41) is 2.89. The Morgan fingerprint density at radius 1 is 1.27 bits per heavy atom. The number of benzene rings is 1. The molecule has 22 heavy (non-hydrogen) atoms. The van der Waals surface area contributed by atoms with Crippen molar-refractivity contribution in [1.82, 2.24) is 10.2 Å². The third-order valence-corrected chi connectivity index (χ3v) is 4.08. The second kappa shape index (κ2) is 7.13. The average molecular weight is 314 g/mol. The summed E-state index contributed by atoms with van der Waals surface area (Å²) in [4.78, 5) is 13.5. The lowest BCUT2D eigenvalue weighted by Crippen LogP contribution is -2.43. The average Bonchev–Trinajstić information content (AvgIpc) is 2.45. The second-order valence-electron chi connectivity index (χ2n) is 5.81. The summed E-state index contributed by atoms with van der Waals surface area (Å²) in [6, 6.07) is 7.81. The van der Waals surface area contributed by atoms with E-state index in [1.54, 1.807) is 0 Å². The fourth-order valence-electron chi connectivity index (χ4n) is 2.74. The van der Waals surface area contributed by atoms with Crippen molar-refractivity contribution in [2.45, 2.75) is 32.5 Å². The van der Waals surface area contributed by atoms with Crippen LogP contribution in [0.15, 0.2) is 24.3 Å². The fourth-order valence-corrected chi connectivity index (χ4v) is 2.74. The summed E-state index contributed by atoms with van der Waals surface area (Å²) in [6.07, 6.45) is -3.20. The number of piperidine rings is 1. The minimum absolute atomic E-state index is 0.0603. The smallest absolute Gasteiger partial charge is 0.352 e.